The van der Waals surface area contributed by atoms with Crippen molar-refractivity contribution in [1.82, 2.24) is 0 Å². The summed E-state index contributed by atoms with van der Waals surface area (Å²) in [5.74, 6) is -0.849. The zero-order chi connectivity index (χ0) is 12.3. The van der Waals surface area contributed by atoms with E-state index in [1.807, 2.05) is 0 Å². The Hall–Kier alpha value is -0.740. The number of aliphatic carboxylic acids is 1. The Labute approximate surface area is 103 Å². The number of carbonyl (C=O) groups is 1. The maximum atomic E-state index is 12.9. The second kappa shape index (κ2) is 5.06. The van der Waals surface area contributed by atoms with Gasteiger partial charge in [0, 0.05) is 5.75 Å². The highest BCUT2D eigenvalue weighted by molar-refractivity contribution is 8.00. The number of hydrogen-bond acceptors (Lipinski definition) is 2. The highest BCUT2D eigenvalue weighted by Gasteiger charge is 2.27. The molecule has 0 spiro atoms. The van der Waals surface area contributed by atoms with Gasteiger partial charge in [0.1, 0.15) is 10.6 Å². The molecule has 5 heteroatoms. The number of hydrogen-bond donors (Lipinski definition) is 1. The maximum Gasteiger partial charge on any atom is 0.319 e. The highest BCUT2D eigenvalue weighted by Crippen LogP contribution is 2.29. The number of rotatable bonds is 4. The molecule has 0 heterocycles. The topological polar surface area (TPSA) is 37.3 Å². The van der Waals surface area contributed by atoms with E-state index >= 15 is 0 Å². The van der Waals surface area contributed by atoms with E-state index in [0.717, 1.165) is 5.56 Å². The van der Waals surface area contributed by atoms with Gasteiger partial charge >= 0.3 is 5.97 Å². The lowest BCUT2D eigenvalue weighted by molar-refractivity contribution is -0.138. The molecule has 88 valence electrons. The van der Waals surface area contributed by atoms with Crippen LogP contribution >= 0.6 is 23.4 Å². The third-order valence-corrected chi connectivity index (χ3v) is 3.76. The first-order valence-corrected chi connectivity index (χ1v) is 6.00. The summed E-state index contributed by atoms with van der Waals surface area (Å²) >= 11 is 6.90. The molecule has 16 heavy (non-hydrogen) atoms. The molecular formula is C11H12ClFO2S. The van der Waals surface area contributed by atoms with Crippen molar-refractivity contribution in [2.75, 3.05) is 0 Å². The van der Waals surface area contributed by atoms with Crippen LogP contribution in [0.25, 0.3) is 0 Å². The monoisotopic (exact) mass is 262 g/mol. The first-order chi connectivity index (χ1) is 7.33. The highest BCUT2D eigenvalue weighted by atomic mass is 35.5. The summed E-state index contributed by atoms with van der Waals surface area (Å²) in [7, 11) is 0. The van der Waals surface area contributed by atoms with Crippen LogP contribution in [-0.2, 0) is 10.5 Å². The van der Waals surface area contributed by atoms with E-state index in [-0.39, 0.29) is 5.02 Å². The lowest BCUT2D eigenvalue weighted by Crippen LogP contribution is -2.27. The van der Waals surface area contributed by atoms with E-state index in [2.05, 4.69) is 0 Å². The molecule has 0 radical (unpaired) electrons. The molecule has 0 bridgehead atoms. The van der Waals surface area contributed by atoms with E-state index in [0.29, 0.717) is 5.75 Å². The van der Waals surface area contributed by atoms with Gasteiger partial charge in [0.05, 0.1) is 5.02 Å². The van der Waals surface area contributed by atoms with Gasteiger partial charge in [-0.15, -0.1) is 11.8 Å². The van der Waals surface area contributed by atoms with E-state index in [9.17, 15) is 9.18 Å². The van der Waals surface area contributed by atoms with E-state index in [1.54, 1.807) is 19.9 Å². The lowest BCUT2D eigenvalue weighted by atomic mass is 10.2. The SMILES string of the molecule is CC(C)(SCc1ccc(F)c(Cl)c1)C(=O)O. The van der Waals surface area contributed by atoms with Crippen molar-refractivity contribution in [3.8, 4) is 0 Å². The van der Waals surface area contributed by atoms with Crippen molar-refractivity contribution >= 4 is 29.3 Å². The number of carboxylic acids is 1. The third kappa shape index (κ3) is 3.39. The minimum absolute atomic E-state index is 0.0613. The molecule has 1 rings (SSSR count). The van der Waals surface area contributed by atoms with Crippen molar-refractivity contribution in [1.29, 1.82) is 0 Å². The Kier molecular flexibility index (Phi) is 4.21. The Bertz CT molecular complexity index is 407. The summed E-state index contributed by atoms with van der Waals surface area (Å²) in [4.78, 5) is 10.9. The molecule has 0 aliphatic carbocycles. The molecular weight excluding hydrogens is 251 g/mol. The number of halogens is 2. The normalized spacial score (nSPS) is 11.5. The van der Waals surface area contributed by atoms with Crippen LogP contribution in [0.4, 0.5) is 4.39 Å². The summed E-state index contributed by atoms with van der Waals surface area (Å²) in [6.45, 7) is 3.26. The molecule has 0 atom stereocenters. The van der Waals surface area contributed by atoms with Gasteiger partial charge in [-0.25, -0.2) is 4.39 Å². The number of benzene rings is 1. The third-order valence-electron chi connectivity index (χ3n) is 2.10. The van der Waals surface area contributed by atoms with Crippen LogP contribution in [0.1, 0.15) is 19.4 Å². The van der Waals surface area contributed by atoms with Gasteiger partial charge in [-0.2, -0.15) is 0 Å². The Balaban J connectivity index is 2.68. The fourth-order valence-electron chi connectivity index (χ4n) is 0.955. The van der Waals surface area contributed by atoms with E-state index in [4.69, 9.17) is 16.7 Å². The minimum Gasteiger partial charge on any atom is -0.480 e. The second-order valence-corrected chi connectivity index (χ2v) is 5.86. The van der Waals surface area contributed by atoms with Gasteiger partial charge in [0.25, 0.3) is 0 Å². The molecule has 0 aromatic heterocycles. The standard InChI is InChI=1S/C11H12ClFO2S/c1-11(2,10(14)15)16-6-7-3-4-9(13)8(12)5-7/h3-5H,6H2,1-2H3,(H,14,15). The molecule has 0 saturated heterocycles. The van der Waals surface area contributed by atoms with Crippen LogP contribution in [0.15, 0.2) is 18.2 Å². The largest absolute Gasteiger partial charge is 0.480 e. The van der Waals surface area contributed by atoms with Gasteiger partial charge < -0.3 is 5.11 Å². The van der Waals surface area contributed by atoms with Gasteiger partial charge in [-0.1, -0.05) is 17.7 Å². The first-order valence-electron chi connectivity index (χ1n) is 4.64. The fraction of sp³-hybridized carbons (Fsp3) is 0.364. The smallest absolute Gasteiger partial charge is 0.319 e. The molecule has 0 aliphatic heterocycles. The summed E-state index contributed by atoms with van der Waals surface area (Å²) in [5, 5.41) is 8.97. The summed E-state index contributed by atoms with van der Waals surface area (Å²) in [6.07, 6.45) is 0. The summed E-state index contributed by atoms with van der Waals surface area (Å²) in [6, 6.07) is 4.40. The van der Waals surface area contributed by atoms with Crippen LogP contribution < -0.4 is 0 Å². The van der Waals surface area contributed by atoms with Crippen LogP contribution in [-0.4, -0.2) is 15.8 Å². The molecule has 1 N–H and O–H groups in total. The molecule has 0 amide bonds. The Morgan fingerprint density at radius 2 is 2.19 bits per heavy atom. The minimum atomic E-state index is -0.870. The van der Waals surface area contributed by atoms with Crippen molar-refractivity contribution in [3.05, 3.63) is 34.6 Å². The van der Waals surface area contributed by atoms with Gasteiger partial charge in [-0.3, -0.25) is 4.79 Å². The van der Waals surface area contributed by atoms with Crippen LogP contribution in [0.2, 0.25) is 5.02 Å². The van der Waals surface area contributed by atoms with Crippen molar-refractivity contribution < 1.29 is 14.3 Å². The van der Waals surface area contributed by atoms with E-state index < -0.39 is 16.5 Å². The quantitative estimate of drug-likeness (QED) is 0.901. The van der Waals surface area contributed by atoms with Crippen molar-refractivity contribution in [3.63, 3.8) is 0 Å². The zero-order valence-electron chi connectivity index (χ0n) is 8.96. The fourth-order valence-corrected chi connectivity index (χ4v) is 1.99. The van der Waals surface area contributed by atoms with Gasteiger partial charge in [0.15, 0.2) is 0 Å². The molecule has 0 aliphatic rings. The molecule has 1 aromatic carbocycles. The van der Waals surface area contributed by atoms with Gasteiger partial charge in [-0.05, 0) is 31.5 Å². The first kappa shape index (κ1) is 13.3. The Morgan fingerprint density at radius 1 is 1.56 bits per heavy atom. The molecule has 2 nitrogen and oxygen atoms in total. The number of thioether (sulfide) groups is 1. The average Bonchev–Trinajstić information content (AvgIpc) is 2.20. The second-order valence-electron chi connectivity index (χ2n) is 3.85. The molecule has 0 fully saturated rings. The molecule has 1 aromatic rings. The van der Waals surface area contributed by atoms with Crippen molar-refractivity contribution in [2.45, 2.75) is 24.3 Å². The van der Waals surface area contributed by atoms with Crippen LogP contribution in [0.3, 0.4) is 0 Å². The summed E-state index contributed by atoms with van der Waals surface area (Å²) < 4.78 is 12.0. The number of carboxylic acid groups (broad SMARTS) is 1. The Morgan fingerprint density at radius 3 is 2.69 bits per heavy atom. The average molecular weight is 263 g/mol. The van der Waals surface area contributed by atoms with Gasteiger partial charge in [0.2, 0.25) is 0 Å². The van der Waals surface area contributed by atoms with Crippen LogP contribution in [0.5, 0.6) is 0 Å². The van der Waals surface area contributed by atoms with Crippen molar-refractivity contribution in [2.24, 2.45) is 0 Å². The maximum absolute atomic E-state index is 12.9. The zero-order valence-corrected chi connectivity index (χ0v) is 10.5. The molecule has 0 unspecified atom stereocenters. The molecule has 0 saturated carbocycles. The summed E-state index contributed by atoms with van der Waals surface area (Å²) in [5.41, 5.74) is 0.811. The van der Waals surface area contributed by atoms with E-state index in [1.165, 1.54) is 23.9 Å². The predicted molar refractivity (Wildman–Crippen MR) is 64.4 cm³/mol. The lowest BCUT2D eigenvalue weighted by Gasteiger charge is -2.18. The predicted octanol–water partition coefficient (Wildman–Crippen LogP) is 3.58. The van der Waals surface area contributed by atoms with Crippen LogP contribution in [0, 0.1) is 5.82 Å².